The minimum atomic E-state index is -0.147. The molecule has 1 amide bonds. The molecule has 0 unspecified atom stereocenters. The number of nitrogens with zero attached hydrogens (tertiary/aromatic N) is 3. The van der Waals surface area contributed by atoms with Crippen LogP contribution in [0.3, 0.4) is 0 Å². The van der Waals surface area contributed by atoms with Crippen molar-refractivity contribution in [1.82, 2.24) is 14.8 Å². The second-order valence-electron chi connectivity index (χ2n) is 6.91. The number of benzene rings is 2. The number of amides is 1. The molecule has 156 valence electrons. The van der Waals surface area contributed by atoms with Crippen LogP contribution in [-0.2, 0) is 17.8 Å². The van der Waals surface area contributed by atoms with Crippen LogP contribution >= 0.6 is 27.7 Å². The lowest BCUT2D eigenvalue weighted by Gasteiger charge is -2.10. The summed E-state index contributed by atoms with van der Waals surface area (Å²) in [6, 6.07) is 13.2. The van der Waals surface area contributed by atoms with E-state index in [9.17, 15) is 9.59 Å². The van der Waals surface area contributed by atoms with Crippen molar-refractivity contribution in [3.63, 3.8) is 0 Å². The highest BCUT2D eigenvalue weighted by atomic mass is 79.9. The molecule has 3 aromatic rings. The summed E-state index contributed by atoms with van der Waals surface area (Å²) >= 11 is 4.70. The SMILES string of the molecule is CCn1c(CC(=O)Nc2ccc(C)cc2C)nnc1SCC(=O)c1ccc(Br)cc1. The number of carbonyl (C=O) groups excluding carboxylic acids is 2. The van der Waals surface area contributed by atoms with E-state index in [4.69, 9.17) is 0 Å². The van der Waals surface area contributed by atoms with Crippen LogP contribution in [0.5, 0.6) is 0 Å². The van der Waals surface area contributed by atoms with Crippen LogP contribution in [0.25, 0.3) is 0 Å². The molecule has 0 saturated heterocycles. The van der Waals surface area contributed by atoms with E-state index in [1.54, 1.807) is 12.1 Å². The van der Waals surface area contributed by atoms with E-state index < -0.39 is 0 Å². The number of aromatic nitrogens is 3. The third-order valence-electron chi connectivity index (χ3n) is 4.58. The van der Waals surface area contributed by atoms with Gasteiger partial charge in [-0.15, -0.1) is 10.2 Å². The summed E-state index contributed by atoms with van der Waals surface area (Å²) in [4.78, 5) is 24.9. The molecular formula is C22H23BrN4O2S. The van der Waals surface area contributed by atoms with Crippen molar-refractivity contribution in [1.29, 1.82) is 0 Å². The van der Waals surface area contributed by atoms with E-state index in [1.165, 1.54) is 11.8 Å². The Hall–Kier alpha value is -2.45. The molecule has 2 aromatic carbocycles. The number of aryl methyl sites for hydroxylation is 2. The first-order valence-corrected chi connectivity index (χ1v) is 11.4. The monoisotopic (exact) mass is 486 g/mol. The molecule has 0 aliphatic carbocycles. The van der Waals surface area contributed by atoms with E-state index in [0.29, 0.717) is 23.1 Å². The molecule has 0 aliphatic heterocycles. The van der Waals surface area contributed by atoms with Crippen molar-refractivity contribution < 1.29 is 9.59 Å². The van der Waals surface area contributed by atoms with E-state index in [0.717, 1.165) is 21.3 Å². The summed E-state index contributed by atoms with van der Waals surface area (Å²) in [6.45, 7) is 6.57. The van der Waals surface area contributed by atoms with Crippen molar-refractivity contribution in [3.05, 3.63) is 69.5 Å². The van der Waals surface area contributed by atoms with Gasteiger partial charge in [0.2, 0.25) is 5.91 Å². The van der Waals surface area contributed by atoms with Gasteiger partial charge in [0, 0.05) is 22.3 Å². The number of anilines is 1. The maximum absolute atomic E-state index is 12.5. The quantitative estimate of drug-likeness (QED) is 0.364. The molecule has 0 aliphatic rings. The number of halogens is 1. The number of nitrogens with one attached hydrogen (secondary N) is 1. The van der Waals surface area contributed by atoms with Gasteiger partial charge >= 0.3 is 0 Å². The molecule has 0 radical (unpaired) electrons. The fourth-order valence-electron chi connectivity index (χ4n) is 3.02. The van der Waals surface area contributed by atoms with E-state index >= 15 is 0 Å². The number of Topliss-reactive ketones (excluding diaryl/α,β-unsaturated/α-hetero) is 1. The first-order valence-electron chi connectivity index (χ1n) is 9.58. The van der Waals surface area contributed by atoms with Gasteiger partial charge < -0.3 is 9.88 Å². The summed E-state index contributed by atoms with van der Waals surface area (Å²) in [7, 11) is 0. The summed E-state index contributed by atoms with van der Waals surface area (Å²) in [5, 5.41) is 11.9. The molecule has 30 heavy (non-hydrogen) atoms. The number of carbonyl (C=O) groups is 2. The van der Waals surface area contributed by atoms with Gasteiger partial charge in [0.05, 0.1) is 12.2 Å². The third kappa shape index (κ3) is 5.58. The smallest absolute Gasteiger partial charge is 0.232 e. The Morgan fingerprint density at radius 3 is 2.50 bits per heavy atom. The summed E-state index contributed by atoms with van der Waals surface area (Å²) in [6.07, 6.45) is 0.120. The Bertz CT molecular complexity index is 1060. The zero-order chi connectivity index (χ0) is 21.7. The number of ketones is 1. The predicted molar refractivity (Wildman–Crippen MR) is 123 cm³/mol. The van der Waals surface area contributed by atoms with Crippen molar-refractivity contribution in [2.45, 2.75) is 38.9 Å². The molecule has 3 rings (SSSR count). The maximum Gasteiger partial charge on any atom is 0.232 e. The first-order chi connectivity index (χ1) is 14.4. The molecule has 6 nitrogen and oxygen atoms in total. The Kier molecular flexibility index (Phi) is 7.44. The average molecular weight is 487 g/mol. The van der Waals surface area contributed by atoms with Gasteiger partial charge in [-0.05, 0) is 44.5 Å². The molecule has 0 spiro atoms. The average Bonchev–Trinajstić information content (AvgIpc) is 3.10. The lowest BCUT2D eigenvalue weighted by atomic mass is 10.1. The highest BCUT2D eigenvalue weighted by molar-refractivity contribution is 9.10. The second-order valence-corrected chi connectivity index (χ2v) is 8.76. The van der Waals surface area contributed by atoms with Crippen molar-refractivity contribution in [2.24, 2.45) is 0 Å². The molecule has 0 bridgehead atoms. The van der Waals surface area contributed by atoms with Crippen LogP contribution < -0.4 is 5.32 Å². The minimum Gasteiger partial charge on any atom is -0.325 e. The number of rotatable bonds is 8. The van der Waals surface area contributed by atoms with Crippen LogP contribution in [0, 0.1) is 13.8 Å². The van der Waals surface area contributed by atoms with Crippen LogP contribution in [0.4, 0.5) is 5.69 Å². The zero-order valence-electron chi connectivity index (χ0n) is 17.1. The summed E-state index contributed by atoms with van der Waals surface area (Å²) in [5.41, 5.74) is 3.61. The topological polar surface area (TPSA) is 76.9 Å². The Morgan fingerprint density at radius 1 is 1.10 bits per heavy atom. The molecular weight excluding hydrogens is 464 g/mol. The van der Waals surface area contributed by atoms with Crippen LogP contribution in [0.15, 0.2) is 52.1 Å². The highest BCUT2D eigenvalue weighted by Gasteiger charge is 2.17. The largest absolute Gasteiger partial charge is 0.325 e. The Balaban J connectivity index is 1.64. The zero-order valence-corrected chi connectivity index (χ0v) is 19.5. The summed E-state index contributed by atoms with van der Waals surface area (Å²) < 4.78 is 2.81. The number of thioether (sulfide) groups is 1. The third-order valence-corrected chi connectivity index (χ3v) is 6.08. The minimum absolute atomic E-state index is 0.0206. The van der Waals surface area contributed by atoms with Gasteiger partial charge in [-0.3, -0.25) is 9.59 Å². The fraction of sp³-hybridized carbons (Fsp3) is 0.273. The van der Waals surface area contributed by atoms with Gasteiger partial charge in [0.15, 0.2) is 10.9 Å². The molecule has 0 fully saturated rings. The van der Waals surface area contributed by atoms with E-state index in [-0.39, 0.29) is 23.9 Å². The van der Waals surface area contributed by atoms with Crippen molar-refractivity contribution >= 4 is 45.1 Å². The van der Waals surface area contributed by atoms with E-state index in [1.807, 2.05) is 55.7 Å². The van der Waals surface area contributed by atoms with Crippen LogP contribution in [0.2, 0.25) is 0 Å². The van der Waals surface area contributed by atoms with Crippen LogP contribution in [-0.4, -0.2) is 32.2 Å². The lowest BCUT2D eigenvalue weighted by Crippen LogP contribution is -2.18. The van der Waals surface area contributed by atoms with Crippen LogP contribution in [0.1, 0.15) is 34.2 Å². The second kappa shape index (κ2) is 10.0. The van der Waals surface area contributed by atoms with Crippen molar-refractivity contribution in [3.8, 4) is 0 Å². The first kappa shape index (κ1) is 22.2. The Morgan fingerprint density at radius 2 is 1.83 bits per heavy atom. The normalized spacial score (nSPS) is 10.8. The highest BCUT2D eigenvalue weighted by Crippen LogP contribution is 2.21. The molecule has 0 saturated carbocycles. The number of hydrogen-bond donors (Lipinski definition) is 1. The number of hydrogen-bond acceptors (Lipinski definition) is 5. The Labute approximate surface area is 188 Å². The van der Waals surface area contributed by atoms with Gasteiger partial charge in [0.25, 0.3) is 0 Å². The van der Waals surface area contributed by atoms with Gasteiger partial charge in [0.1, 0.15) is 5.82 Å². The predicted octanol–water partition coefficient (Wildman–Crippen LogP) is 4.83. The molecule has 1 N–H and O–H groups in total. The van der Waals surface area contributed by atoms with E-state index in [2.05, 4.69) is 31.4 Å². The molecule has 1 aromatic heterocycles. The molecule has 8 heteroatoms. The van der Waals surface area contributed by atoms with Crippen molar-refractivity contribution in [2.75, 3.05) is 11.1 Å². The van der Waals surface area contributed by atoms with Gasteiger partial charge in [-0.25, -0.2) is 0 Å². The maximum atomic E-state index is 12.5. The standard InChI is InChI=1S/C22H23BrN4O2S/c1-4-27-20(12-21(29)24-18-10-5-14(2)11-15(18)3)25-26-22(27)30-13-19(28)16-6-8-17(23)9-7-16/h5-11H,4,12-13H2,1-3H3,(H,24,29). The van der Waals surface area contributed by atoms with Gasteiger partial charge in [-0.1, -0.05) is 57.5 Å². The van der Waals surface area contributed by atoms with Gasteiger partial charge in [-0.2, -0.15) is 0 Å². The fourth-order valence-corrected chi connectivity index (χ4v) is 4.20. The molecule has 0 atom stereocenters. The summed E-state index contributed by atoms with van der Waals surface area (Å²) in [5.74, 6) is 0.714. The molecule has 1 heterocycles. The lowest BCUT2D eigenvalue weighted by molar-refractivity contribution is -0.115.